The Hall–Kier alpha value is -2.41. The van der Waals surface area contributed by atoms with Crippen LogP contribution in [0.4, 0.5) is 0 Å². The summed E-state index contributed by atoms with van der Waals surface area (Å²) in [6.07, 6.45) is 4.29. The first-order chi connectivity index (χ1) is 13.9. The van der Waals surface area contributed by atoms with Crippen molar-refractivity contribution in [1.29, 1.82) is 0 Å². The van der Waals surface area contributed by atoms with Crippen LogP contribution in [0.15, 0.2) is 24.3 Å². The fraction of sp³-hybridized carbons (Fsp3) is 0.500. The molecule has 156 valence electrons. The van der Waals surface area contributed by atoms with E-state index in [2.05, 4.69) is 11.9 Å². The van der Waals surface area contributed by atoms with Crippen molar-refractivity contribution in [2.45, 2.75) is 45.6 Å². The molecule has 0 spiro atoms. The minimum absolute atomic E-state index is 0.157. The minimum atomic E-state index is -0.501. The molecule has 1 saturated carbocycles. The van der Waals surface area contributed by atoms with E-state index >= 15 is 0 Å². The van der Waals surface area contributed by atoms with E-state index in [4.69, 9.17) is 9.47 Å². The third-order valence-corrected chi connectivity index (χ3v) is 6.76. The van der Waals surface area contributed by atoms with Gasteiger partial charge in [0, 0.05) is 18.7 Å². The molecular weight excluding hydrogens is 388 g/mol. The van der Waals surface area contributed by atoms with Gasteiger partial charge in [-0.15, -0.1) is 11.3 Å². The Bertz CT molecular complexity index is 854. The van der Waals surface area contributed by atoms with Gasteiger partial charge in [-0.05, 0) is 62.8 Å². The monoisotopic (exact) mass is 416 g/mol. The van der Waals surface area contributed by atoms with Gasteiger partial charge in [0.1, 0.15) is 15.6 Å². The van der Waals surface area contributed by atoms with Gasteiger partial charge in [-0.1, -0.05) is 6.92 Å². The molecule has 1 heterocycles. The van der Waals surface area contributed by atoms with Crippen molar-refractivity contribution in [1.82, 2.24) is 9.88 Å². The second kappa shape index (κ2) is 9.39. The number of likely N-dealkylation sites (N-methyl/N-ethyl adjacent to an activating group) is 1. The molecule has 3 rings (SSSR count). The predicted octanol–water partition coefficient (Wildman–Crippen LogP) is 4.32. The van der Waals surface area contributed by atoms with Crippen LogP contribution in [0.3, 0.4) is 0 Å². The SMILES string of the molecule is COc1ccc(-c2nc(C)c(C(=O)OCC(=O)N(C)C3CCC(C)CC3)s2)cc1. The molecule has 1 fully saturated rings. The van der Waals surface area contributed by atoms with E-state index in [1.54, 1.807) is 26.0 Å². The van der Waals surface area contributed by atoms with Gasteiger partial charge in [0.2, 0.25) is 0 Å². The van der Waals surface area contributed by atoms with E-state index in [0.29, 0.717) is 10.6 Å². The van der Waals surface area contributed by atoms with Gasteiger partial charge in [0.05, 0.1) is 12.8 Å². The van der Waals surface area contributed by atoms with Crippen molar-refractivity contribution in [2.75, 3.05) is 20.8 Å². The maximum atomic E-state index is 12.5. The van der Waals surface area contributed by atoms with Crippen molar-refractivity contribution in [3.63, 3.8) is 0 Å². The lowest BCUT2D eigenvalue weighted by Crippen LogP contribution is -2.41. The van der Waals surface area contributed by atoms with Crippen molar-refractivity contribution in [3.8, 4) is 16.3 Å². The van der Waals surface area contributed by atoms with Crippen LogP contribution >= 0.6 is 11.3 Å². The average Bonchev–Trinajstić information content (AvgIpc) is 3.13. The Morgan fingerprint density at radius 3 is 2.45 bits per heavy atom. The van der Waals surface area contributed by atoms with Crippen molar-refractivity contribution < 1.29 is 19.1 Å². The Morgan fingerprint density at radius 1 is 1.17 bits per heavy atom. The second-order valence-electron chi connectivity index (χ2n) is 7.66. The summed E-state index contributed by atoms with van der Waals surface area (Å²) in [5, 5.41) is 0.733. The van der Waals surface area contributed by atoms with Gasteiger partial charge in [0.15, 0.2) is 6.61 Å². The fourth-order valence-corrected chi connectivity index (χ4v) is 4.54. The van der Waals surface area contributed by atoms with E-state index in [-0.39, 0.29) is 18.6 Å². The third-order valence-electron chi connectivity index (χ3n) is 5.57. The zero-order chi connectivity index (χ0) is 21.0. The number of ether oxygens (including phenoxy) is 2. The van der Waals surface area contributed by atoms with Crippen LogP contribution in [-0.2, 0) is 9.53 Å². The van der Waals surface area contributed by atoms with Crippen LogP contribution in [-0.4, -0.2) is 48.6 Å². The Labute approximate surface area is 175 Å². The highest BCUT2D eigenvalue weighted by Crippen LogP contribution is 2.30. The van der Waals surface area contributed by atoms with Crippen molar-refractivity contribution in [3.05, 3.63) is 34.8 Å². The number of rotatable bonds is 6. The van der Waals surface area contributed by atoms with Gasteiger partial charge in [-0.2, -0.15) is 0 Å². The molecule has 1 aromatic heterocycles. The average molecular weight is 417 g/mol. The maximum Gasteiger partial charge on any atom is 0.350 e. The largest absolute Gasteiger partial charge is 0.497 e. The number of hydrogen-bond donors (Lipinski definition) is 0. The maximum absolute atomic E-state index is 12.5. The number of methoxy groups -OCH3 is 1. The zero-order valence-electron chi connectivity index (χ0n) is 17.4. The summed E-state index contributed by atoms with van der Waals surface area (Å²) in [6.45, 7) is 3.78. The molecule has 0 bridgehead atoms. The van der Waals surface area contributed by atoms with Crippen LogP contribution in [0.5, 0.6) is 5.75 Å². The lowest BCUT2D eigenvalue weighted by molar-refractivity contribution is -0.136. The normalized spacial score (nSPS) is 18.9. The summed E-state index contributed by atoms with van der Waals surface area (Å²) in [4.78, 5) is 31.6. The number of carbonyl (C=O) groups is 2. The van der Waals surface area contributed by atoms with Gasteiger partial charge >= 0.3 is 5.97 Å². The van der Waals surface area contributed by atoms with Crippen LogP contribution in [0.1, 0.15) is 48.0 Å². The summed E-state index contributed by atoms with van der Waals surface area (Å²) in [5.74, 6) is 0.827. The Balaban J connectivity index is 1.59. The summed E-state index contributed by atoms with van der Waals surface area (Å²) < 4.78 is 10.5. The molecular formula is C22H28N2O4S. The summed E-state index contributed by atoms with van der Waals surface area (Å²) >= 11 is 1.27. The predicted molar refractivity (Wildman–Crippen MR) is 113 cm³/mol. The van der Waals surface area contributed by atoms with Crippen LogP contribution in [0, 0.1) is 12.8 Å². The number of nitrogens with zero attached hydrogens (tertiary/aromatic N) is 2. The number of aromatic nitrogens is 1. The molecule has 0 unspecified atom stereocenters. The molecule has 0 saturated heterocycles. The van der Waals surface area contributed by atoms with Gasteiger partial charge in [0.25, 0.3) is 5.91 Å². The molecule has 7 heteroatoms. The highest BCUT2D eigenvalue weighted by atomic mass is 32.1. The first kappa shape index (κ1) is 21.3. The number of benzene rings is 1. The number of carbonyl (C=O) groups excluding carboxylic acids is 2. The molecule has 0 N–H and O–H groups in total. The molecule has 1 amide bonds. The zero-order valence-corrected chi connectivity index (χ0v) is 18.3. The number of aryl methyl sites for hydroxylation is 1. The summed E-state index contributed by atoms with van der Waals surface area (Å²) in [5.41, 5.74) is 1.51. The van der Waals surface area contributed by atoms with E-state index in [0.717, 1.165) is 47.9 Å². The molecule has 29 heavy (non-hydrogen) atoms. The first-order valence-corrected chi connectivity index (χ1v) is 10.7. The Morgan fingerprint density at radius 2 is 1.83 bits per heavy atom. The fourth-order valence-electron chi connectivity index (χ4n) is 3.57. The lowest BCUT2D eigenvalue weighted by atomic mass is 9.87. The van der Waals surface area contributed by atoms with E-state index in [1.165, 1.54) is 11.3 Å². The quantitative estimate of drug-likeness (QED) is 0.656. The van der Waals surface area contributed by atoms with E-state index in [9.17, 15) is 9.59 Å². The minimum Gasteiger partial charge on any atom is -0.497 e. The van der Waals surface area contributed by atoms with Crippen molar-refractivity contribution >= 4 is 23.2 Å². The van der Waals surface area contributed by atoms with Crippen LogP contribution in [0.2, 0.25) is 0 Å². The standard InChI is InChI=1S/C22H28N2O4S/c1-14-5-9-17(10-6-14)24(3)19(25)13-28-22(26)20-15(2)23-21(29-20)16-7-11-18(27-4)12-8-16/h7-8,11-12,14,17H,5-6,9-10,13H2,1-4H3. The molecule has 0 radical (unpaired) electrons. The molecule has 0 atom stereocenters. The molecule has 6 nitrogen and oxygen atoms in total. The Kier molecular flexibility index (Phi) is 6.90. The van der Waals surface area contributed by atoms with E-state index in [1.807, 2.05) is 24.3 Å². The topological polar surface area (TPSA) is 68.7 Å². The highest BCUT2D eigenvalue weighted by Gasteiger charge is 2.26. The number of thiazole rings is 1. The van der Waals surface area contributed by atoms with E-state index < -0.39 is 5.97 Å². The van der Waals surface area contributed by atoms with Crippen molar-refractivity contribution in [2.24, 2.45) is 5.92 Å². The number of esters is 1. The third kappa shape index (κ3) is 5.15. The van der Waals surface area contributed by atoms with Gasteiger partial charge in [-0.25, -0.2) is 9.78 Å². The van der Waals surface area contributed by atoms with Crippen LogP contribution in [0.25, 0.3) is 10.6 Å². The smallest absolute Gasteiger partial charge is 0.350 e. The van der Waals surface area contributed by atoms with Gasteiger partial charge in [-0.3, -0.25) is 4.79 Å². The molecule has 1 aromatic carbocycles. The first-order valence-electron chi connectivity index (χ1n) is 9.93. The summed E-state index contributed by atoms with van der Waals surface area (Å²) in [6, 6.07) is 7.74. The lowest BCUT2D eigenvalue weighted by Gasteiger charge is -2.33. The molecule has 0 aliphatic heterocycles. The molecule has 1 aliphatic rings. The highest BCUT2D eigenvalue weighted by molar-refractivity contribution is 7.17. The number of amides is 1. The molecule has 2 aromatic rings. The summed E-state index contributed by atoms with van der Waals surface area (Å²) in [7, 11) is 3.42. The van der Waals surface area contributed by atoms with Crippen LogP contribution < -0.4 is 4.74 Å². The molecule has 1 aliphatic carbocycles. The number of hydrogen-bond acceptors (Lipinski definition) is 6. The second-order valence-corrected chi connectivity index (χ2v) is 8.66. The van der Waals surface area contributed by atoms with Gasteiger partial charge < -0.3 is 14.4 Å².